The van der Waals surface area contributed by atoms with E-state index in [9.17, 15) is 0 Å². The largest absolute Gasteiger partial charge is 0.454 e. The molecule has 0 radical (unpaired) electrons. The Kier molecular flexibility index (Phi) is 2.79. The molecule has 0 bridgehead atoms. The number of fused-ring (bicyclic) bond motifs is 2. The van der Waals surface area contributed by atoms with Crippen LogP contribution in [0.3, 0.4) is 0 Å². The summed E-state index contributed by atoms with van der Waals surface area (Å²) in [5.74, 6) is 1.69. The highest BCUT2D eigenvalue weighted by molar-refractivity contribution is 5.40. The van der Waals surface area contributed by atoms with Crippen LogP contribution in [-0.2, 0) is 0 Å². The fourth-order valence-electron chi connectivity index (χ4n) is 1.61. The van der Waals surface area contributed by atoms with Gasteiger partial charge in [-0.1, -0.05) is 12.1 Å². The zero-order chi connectivity index (χ0) is 12.2. The van der Waals surface area contributed by atoms with Crippen LogP contribution >= 0.6 is 0 Å². The van der Waals surface area contributed by atoms with Crippen molar-refractivity contribution in [1.82, 2.24) is 14.6 Å². The molecular weight excluding hydrogens is 230 g/mol. The number of aromatic nitrogens is 3. The lowest BCUT2D eigenvalue weighted by molar-refractivity contribution is 0.174. The van der Waals surface area contributed by atoms with Crippen molar-refractivity contribution in [1.29, 1.82) is 0 Å². The third-order valence-electron chi connectivity index (χ3n) is 2.45. The lowest BCUT2D eigenvalue weighted by Gasteiger charge is -1.89. The van der Waals surface area contributed by atoms with E-state index in [0.29, 0.717) is 6.79 Å². The van der Waals surface area contributed by atoms with Crippen molar-refractivity contribution in [2.45, 2.75) is 0 Å². The quantitative estimate of drug-likeness (QED) is 0.605. The molecule has 0 N–H and O–H groups in total. The molecule has 0 saturated carbocycles. The highest BCUT2D eigenvalue weighted by Gasteiger charge is 2.09. The molecule has 0 spiro atoms. The van der Waals surface area contributed by atoms with Gasteiger partial charge in [-0.05, 0) is 18.2 Å². The van der Waals surface area contributed by atoms with Gasteiger partial charge >= 0.3 is 0 Å². The first-order valence-corrected chi connectivity index (χ1v) is 5.52. The number of nitrogens with zero attached hydrogens (tertiary/aromatic N) is 3. The molecule has 1 aromatic carbocycles. The first-order chi connectivity index (χ1) is 8.93. The average Bonchev–Trinajstić information content (AvgIpc) is 3.08. The number of hydrogen-bond acceptors (Lipinski definition) is 4. The minimum absolute atomic E-state index is 0.360. The summed E-state index contributed by atoms with van der Waals surface area (Å²) in [7, 11) is 0. The summed E-state index contributed by atoms with van der Waals surface area (Å²) < 4.78 is 11.9. The second-order valence-corrected chi connectivity index (χ2v) is 3.61. The van der Waals surface area contributed by atoms with E-state index in [4.69, 9.17) is 9.47 Å². The van der Waals surface area contributed by atoms with Gasteiger partial charge in [-0.15, -0.1) is 0 Å². The van der Waals surface area contributed by atoms with Crippen molar-refractivity contribution in [3.05, 3.63) is 55.0 Å². The minimum atomic E-state index is 0.360. The van der Waals surface area contributed by atoms with Crippen LogP contribution in [0.15, 0.2) is 55.0 Å². The van der Waals surface area contributed by atoms with Crippen LogP contribution in [0.5, 0.6) is 11.5 Å². The topological polar surface area (TPSA) is 48.7 Å². The third-order valence-corrected chi connectivity index (χ3v) is 2.45. The second kappa shape index (κ2) is 4.75. The minimum Gasteiger partial charge on any atom is -0.454 e. The molecule has 0 amide bonds. The summed E-state index contributed by atoms with van der Waals surface area (Å²) >= 11 is 0. The maximum atomic E-state index is 5.08. The standard InChI is InChI=1S/C7H6O2.C6H5N3/c1-2-4-7-6(3-1)8-5-9-7;1-3-7-6-2-4-8-9(6)5-1/h1-4H,5H2;1-5H. The maximum absolute atomic E-state index is 5.08. The van der Waals surface area contributed by atoms with Gasteiger partial charge in [0.1, 0.15) is 0 Å². The molecule has 2 aromatic heterocycles. The van der Waals surface area contributed by atoms with E-state index in [-0.39, 0.29) is 0 Å². The average molecular weight is 241 g/mol. The maximum Gasteiger partial charge on any atom is 0.231 e. The fraction of sp³-hybridized carbons (Fsp3) is 0.0769. The van der Waals surface area contributed by atoms with E-state index in [1.54, 1.807) is 16.9 Å². The van der Waals surface area contributed by atoms with Crippen LogP contribution in [0.4, 0.5) is 0 Å². The highest BCUT2D eigenvalue weighted by atomic mass is 16.7. The van der Waals surface area contributed by atoms with E-state index >= 15 is 0 Å². The molecule has 0 aliphatic carbocycles. The lowest BCUT2D eigenvalue weighted by atomic mass is 10.3. The van der Waals surface area contributed by atoms with Crippen LogP contribution in [0.1, 0.15) is 0 Å². The van der Waals surface area contributed by atoms with Crippen LogP contribution in [-0.4, -0.2) is 21.4 Å². The Hall–Kier alpha value is -2.56. The molecule has 5 heteroatoms. The zero-order valence-electron chi connectivity index (χ0n) is 9.56. The van der Waals surface area contributed by atoms with Gasteiger partial charge in [-0.2, -0.15) is 5.10 Å². The summed E-state index contributed by atoms with van der Waals surface area (Å²) in [5, 5.41) is 3.97. The monoisotopic (exact) mass is 241 g/mol. The van der Waals surface area contributed by atoms with E-state index in [2.05, 4.69) is 10.1 Å². The molecule has 0 atom stereocenters. The lowest BCUT2D eigenvalue weighted by Crippen LogP contribution is -1.92. The van der Waals surface area contributed by atoms with Gasteiger partial charge in [0.2, 0.25) is 6.79 Å². The number of rotatable bonds is 0. The Morgan fingerprint density at radius 2 is 1.72 bits per heavy atom. The predicted octanol–water partition coefficient (Wildman–Crippen LogP) is 2.14. The smallest absolute Gasteiger partial charge is 0.231 e. The van der Waals surface area contributed by atoms with Crippen LogP contribution in [0, 0.1) is 0 Å². The summed E-state index contributed by atoms with van der Waals surface area (Å²) in [6.07, 6.45) is 5.34. The van der Waals surface area contributed by atoms with E-state index < -0.39 is 0 Å². The summed E-state index contributed by atoms with van der Waals surface area (Å²) in [6, 6.07) is 11.3. The van der Waals surface area contributed by atoms with Crippen molar-refractivity contribution in [3.63, 3.8) is 0 Å². The highest BCUT2D eigenvalue weighted by Crippen LogP contribution is 2.30. The number of hydrogen-bond donors (Lipinski definition) is 0. The van der Waals surface area contributed by atoms with Gasteiger partial charge in [0.05, 0.1) is 6.20 Å². The molecular formula is C13H11N3O2. The van der Waals surface area contributed by atoms with E-state index in [0.717, 1.165) is 17.1 Å². The Bertz CT molecular complexity index is 598. The van der Waals surface area contributed by atoms with Gasteiger partial charge in [-0.3, -0.25) is 0 Å². The molecule has 5 nitrogen and oxygen atoms in total. The third kappa shape index (κ3) is 2.10. The molecule has 90 valence electrons. The molecule has 1 aliphatic heterocycles. The Morgan fingerprint density at radius 1 is 0.944 bits per heavy atom. The van der Waals surface area contributed by atoms with Crippen LogP contribution in [0.2, 0.25) is 0 Å². The van der Waals surface area contributed by atoms with Crippen molar-refractivity contribution < 1.29 is 9.47 Å². The molecule has 3 aromatic rings. The zero-order valence-corrected chi connectivity index (χ0v) is 9.56. The SMILES string of the molecule is c1ccc2c(c1)OCO2.c1cnc2ccnn2c1. The predicted molar refractivity (Wildman–Crippen MR) is 65.6 cm³/mol. The van der Waals surface area contributed by atoms with Gasteiger partial charge in [-0.25, -0.2) is 9.50 Å². The van der Waals surface area contributed by atoms with Crippen molar-refractivity contribution in [2.75, 3.05) is 6.79 Å². The molecule has 1 aliphatic rings. The van der Waals surface area contributed by atoms with Crippen molar-refractivity contribution in [3.8, 4) is 11.5 Å². The van der Waals surface area contributed by atoms with Crippen LogP contribution < -0.4 is 9.47 Å². The normalized spacial score (nSPS) is 12.0. The Labute approximate surface area is 104 Å². The second-order valence-electron chi connectivity index (χ2n) is 3.61. The van der Waals surface area contributed by atoms with Gasteiger partial charge in [0.25, 0.3) is 0 Å². The van der Waals surface area contributed by atoms with Gasteiger partial charge < -0.3 is 9.47 Å². The number of ether oxygens (including phenoxy) is 2. The van der Waals surface area contributed by atoms with Gasteiger partial charge in [0, 0.05) is 18.5 Å². The first kappa shape index (κ1) is 10.6. The van der Waals surface area contributed by atoms with Gasteiger partial charge in [0.15, 0.2) is 17.1 Å². The Morgan fingerprint density at radius 3 is 2.44 bits per heavy atom. The molecule has 3 heterocycles. The molecule has 0 unspecified atom stereocenters. The Balaban J connectivity index is 0.000000111. The molecule has 18 heavy (non-hydrogen) atoms. The summed E-state index contributed by atoms with van der Waals surface area (Å²) in [5.41, 5.74) is 0.887. The van der Waals surface area contributed by atoms with E-state index in [1.165, 1.54) is 0 Å². The summed E-state index contributed by atoms with van der Waals surface area (Å²) in [6.45, 7) is 0.360. The first-order valence-electron chi connectivity index (χ1n) is 5.52. The molecule has 4 rings (SSSR count). The van der Waals surface area contributed by atoms with Crippen LogP contribution in [0.25, 0.3) is 5.65 Å². The van der Waals surface area contributed by atoms with Crippen molar-refractivity contribution in [2.24, 2.45) is 0 Å². The number of benzene rings is 1. The van der Waals surface area contributed by atoms with Crippen molar-refractivity contribution >= 4 is 5.65 Å². The van der Waals surface area contributed by atoms with E-state index in [1.807, 2.05) is 42.6 Å². The fourth-order valence-corrected chi connectivity index (χ4v) is 1.61. The number of para-hydroxylation sites is 2. The summed E-state index contributed by atoms with van der Waals surface area (Å²) in [4.78, 5) is 4.04. The molecule has 0 fully saturated rings. The molecule has 0 saturated heterocycles.